The number of carbonyl (C=O) groups excluding carboxylic acids is 3. The fourth-order valence-corrected chi connectivity index (χ4v) is 2.21. The number of amides is 2. The zero-order valence-electron chi connectivity index (χ0n) is 13.5. The molecule has 0 aliphatic heterocycles. The van der Waals surface area contributed by atoms with Gasteiger partial charge < -0.3 is 18.9 Å². The standard InChI is InChI=1S/C15H18BrNO7/c1-4-22-13-10(16)6-9(7-11(13)21-3)14(19)24-8-12(18)17-15(20)23-5-2/h6-7H,4-5,8H2,1-3H3,(H,17,18,20). The molecular formula is C15H18BrNO7. The van der Waals surface area contributed by atoms with Crippen LogP contribution in [0, 0.1) is 0 Å². The average Bonchev–Trinajstić information content (AvgIpc) is 2.54. The van der Waals surface area contributed by atoms with Gasteiger partial charge >= 0.3 is 12.1 Å². The molecule has 0 heterocycles. The Hall–Kier alpha value is -2.29. The van der Waals surface area contributed by atoms with Gasteiger partial charge in [0.1, 0.15) is 0 Å². The number of rotatable bonds is 7. The maximum atomic E-state index is 12.0. The minimum Gasteiger partial charge on any atom is -0.493 e. The predicted octanol–water partition coefficient (Wildman–Crippen LogP) is 2.29. The number of hydrogen-bond acceptors (Lipinski definition) is 7. The van der Waals surface area contributed by atoms with Crippen molar-refractivity contribution >= 4 is 33.9 Å². The van der Waals surface area contributed by atoms with Crippen LogP contribution in [0.25, 0.3) is 0 Å². The van der Waals surface area contributed by atoms with Crippen LogP contribution in [0.4, 0.5) is 4.79 Å². The fourth-order valence-electron chi connectivity index (χ4n) is 1.65. The quantitative estimate of drug-likeness (QED) is 0.696. The zero-order chi connectivity index (χ0) is 18.1. The zero-order valence-corrected chi connectivity index (χ0v) is 15.1. The van der Waals surface area contributed by atoms with Gasteiger partial charge in [-0.25, -0.2) is 9.59 Å². The lowest BCUT2D eigenvalue weighted by molar-refractivity contribution is -0.123. The van der Waals surface area contributed by atoms with Gasteiger partial charge in [-0.05, 0) is 41.9 Å². The topological polar surface area (TPSA) is 100 Å². The van der Waals surface area contributed by atoms with E-state index in [-0.39, 0.29) is 12.2 Å². The summed E-state index contributed by atoms with van der Waals surface area (Å²) in [6.07, 6.45) is -0.899. The summed E-state index contributed by atoms with van der Waals surface area (Å²) >= 11 is 3.28. The van der Waals surface area contributed by atoms with Crippen LogP contribution in [-0.2, 0) is 14.3 Å². The second kappa shape index (κ2) is 9.76. The SMILES string of the molecule is CCOC(=O)NC(=O)COC(=O)c1cc(Br)c(OCC)c(OC)c1. The van der Waals surface area contributed by atoms with Gasteiger partial charge in [-0.2, -0.15) is 0 Å². The highest BCUT2D eigenvalue weighted by Crippen LogP contribution is 2.36. The minimum absolute atomic E-state index is 0.124. The molecule has 0 unspecified atom stereocenters. The van der Waals surface area contributed by atoms with Gasteiger partial charge in [0.15, 0.2) is 18.1 Å². The third kappa shape index (κ3) is 5.73. The van der Waals surface area contributed by atoms with Crippen LogP contribution in [0.1, 0.15) is 24.2 Å². The van der Waals surface area contributed by atoms with Crippen molar-refractivity contribution in [2.45, 2.75) is 13.8 Å². The summed E-state index contributed by atoms with van der Waals surface area (Å²) in [4.78, 5) is 34.5. The molecule has 2 amide bonds. The molecule has 0 spiro atoms. The van der Waals surface area contributed by atoms with Crippen molar-refractivity contribution in [2.75, 3.05) is 26.9 Å². The summed E-state index contributed by atoms with van der Waals surface area (Å²) in [7, 11) is 1.44. The monoisotopic (exact) mass is 403 g/mol. The van der Waals surface area contributed by atoms with Crippen molar-refractivity contribution in [1.82, 2.24) is 5.32 Å². The fraction of sp³-hybridized carbons (Fsp3) is 0.400. The van der Waals surface area contributed by atoms with Crippen molar-refractivity contribution in [3.05, 3.63) is 22.2 Å². The number of halogens is 1. The largest absolute Gasteiger partial charge is 0.493 e. The third-order valence-electron chi connectivity index (χ3n) is 2.61. The summed E-state index contributed by atoms with van der Waals surface area (Å²) in [6.45, 7) is 3.34. The van der Waals surface area contributed by atoms with Gasteiger partial charge in [0.05, 0.1) is 30.4 Å². The van der Waals surface area contributed by atoms with Crippen molar-refractivity contribution < 1.29 is 33.3 Å². The molecule has 0 atom stereocenters. The molecule has 1 aromatic carbocycles. The normalized spacial score (nSPS) is 9.83. The maximum Gasteiger partial charge on any atom is 0.413 e. The number of alkyl carbamates (subject to hydrolysis) is 1. The Morgan fingerprint density at radius 1 is 1.12 bits per heavy atom. The summed E-state index contributed by atoms with van der Waals surface area (Å²) in [5.74, 6) is -0.749. The summed E-state index contributed by atoms with van der Waals surface area (Å²) < 4.78 is 20.5. The first-order valence-corrected chi connectivity index (χ1v) is 7.86. The Kier molecular flexibility index (Phi) is 8.03. The first-order valence-electron chi connectivity index (χ1n) is 7.06. The van der Waals surface area contributed by atoms with E-state index in [9.17, 15) is 14.4 Å². The van der Waals surface area contributed by atoms with E-state index in [0.29, 0.717) is 22.6 Å². The van der Waals surface area contributed by atoms with E-state index < -0.39 is 24.6 Å². The molecule has 1 rings (SSSR count). The number of carbonyl (C=O) groups is 3. The predicted molar refractivity (Wildman–Crippen MR) is 87.3 cm³/mol. The van der Waals surface area contributed by atoms with Crippen molar-refractivity contribution in [2.24, 2.45) is 0 Å². The molecule has 0 fully saturated rings. The Balaban J connectivity index is 2.73. The molecular weight excluding hydrogens is 386 g/mol. The molecule has 9 heteroatoms. The summed E-state index contributed by atoms with van der Waals surface area (Å²) in [6, 6.07) is 2.92. The van der Waals surface area contributed by atoms with Gasteiger partial charge in [0.25, 0.3) is 5.91 Å². The van der Waals surface area contributed by atoms with Crippen molar-refractivity contribution in [1.29, 1.82) is 0 Å². The maximum absolute atomic E-state index is 12.0. The number of ether oxygens (including phenoxy) is 4. The van der Waals surface area contributed by atoms with Crippen LogP contribution in [0.15, 0.2) is 16.6 Å². The first kappa shape index (κ1) is 19.8. The minimum atomic E-state index is -0.899. The van der Waals surface area contributed by atoms with Crippen molar-refractivity contribution in [3.8, 4) is 11.5 Å². The Labute approximate surface area is 147 Å². The van der Waals surface area contributed by atoms with E-state index >= 15 is 0 Å². The van der Waals surface area contributed by atoms with Crippen LogP contribution in [-0.4, -0.2) is 44.9 Å². The number of nitrogens with one attached hydrogen (secondary N) is 1. The van der Waals surface area contributed by atoms with Crippen LogP contribution in [0.3, 0.4) is 0 Å². The molecule has 0 saturated carbocycles. The molecule has 0 aliphatic carbocycles. The van der Waals surface area contributed by atoms with Crippen LogP contribution < -0.4 is 14.8 Å². The van der Waals surface area contributed by atoms with E-state index in [2.05, 4.69) is 20.7 Å². The molecule has 0 radical (unpaired) electrons. The van der Waals surface area contributed by atoms with Gasteiger partial charge in [0.2, 0.25) is 0 Å². The van der Waals surface area contributed by atoms with Gasteiger partial charge in [-0.15, -0.1) is 0 Å². The van der Waals surface area contributed by atoms with E-state index in [1.807, 2.05) is 12.2 Å². The van der Waals surface area contributed by atoms with Gasteiger partial charge in [-0.3, -0.25) is 10.1 Å². The number of esters is 1. The lowest BCUT2D eigenvalue weighted by atomic mass is 10.2. The number of hydrogen-bond donors (Lipinski definition) is 1. The molecule has 1 N–H and O–H groups in total. The Morgan fingerprint density at radius 2 is 1.83 bits per heavy atom. The average molecular weight is 404 g/mol. The second-order valence-electron chi connectivity index (χ2n) is 4.27. The number of imide groups is 1. The highest BCUT2D eigenvalue weighted by molar-refractivity contribution is 9.10. The molecule has 8 nitrogen and oxygen atoms in total. The summed E-state index contributed by atoms with van der Waals surface area (Å²) in [5.41, 5.74) is 0.158. The summed E-state index contributed by atoms with van der Waals surface area (Å²) in [5, 5.41) is 1.92. The van der Waals surface area contributed by atoms with E-state index in [4.69, 9.17) is 14.2 Å². The lowest BCUT2D eigenvalue weighted by Gasteiger charge is -2.13. The first-order chi connectivity index (χ1) is 11.4. The third-order valence-corrected chi connectivity index (χ3v) is 3.19. The Morgan fingerprint density at radius 3 is 2.42 bits per heavy atom. The highest BCUT2D eigenvalue weighted by atomic mass is 79.9. The molecule has 0 saturated heterocycles. The molecule has 24 heavy (non-hydrogen) atoms. The molecule has 0 aliphatic rings. The smallest absolute Gasteiger partial charge is 0.413 e. The molecule has 132 valence electrons. The number of benzene rings is 1. The highest BCUT2D eigenvalue weighted by Gasteiger charge is 2.18. The lowest BCUT2D eigenvalue weighted by Crippen LogP contribution is -2.34. The van der Waals surface area contributed by atoms with Gasteiger partial charge in [0, 0.05) is 0 Å². The van der Waals surface area contributed by atoms with Crippen molar-refractivity contribution in [3.63, 3.8) is 0 Å². The molecule has 0 bridgehead atoms. The van der Waals surface area contributed by atoms with E-state index in [0.717, 1.165) is 0 Å². The van der Waals surface area contributed by atoms with Crippen LogP contribution in [0.5, 0.6) is 11.5 Å². The number of methoxy groups -OCH3 is 1. The van der Waals surface area contributed by atoms with E-state index in [1.54, 1.807) is 6.92 Å². The van der Waals surface area contributed by atoms with Crippen LogP contribution >= 0.6 is 15.9 Å². The second-order valence-corrected chi connectivity index (χ2v) is 5.12. The van der Waals surface area contributed by atoms with Crippen LogP contribution in [0.2, 0.25) is 0 Å². The molecule has 1 aromatic rings. The molecule has 0 aromatic heterocycles. The van der Waals surface area contributed by atoms with Gasteiger partial charge in [-0.1, -0.05) is 0 Å². The van der Waals surface area contributed by atoms with E-state index in [1.165, 1.54) is 19.2 Å². The Bertz CT molecular complexity index is 618.